The predicted octanol–water partition coefficient (Wildman–Crippen LogP) is 3.21. The van der Waals surface area contributed by atoms with E-state index >= 15 is 0 Å². The van der Waals surface area contributed by atoms with Crippen molar-refractivity contribution < 1.29 is 14.1 Å². The molecule has 0 spiro atoms. The first-order valence-corrected chi connectivity index (χ1v) is 9.31. The Morgan fingerprint density at radius 3 is 2.56 bits per heavy atom. The maximum absolute atomic E-state index is 12.4. The van der Waals surface area contributed by atoms with Crippen LogP contribution in [0.4, 0.5) is 5.69 Å². The maximum Gasteiger partial charge on any atom is 0.246 e. The zero-order valence-corrected chi connectivity index (χ0v) is 16.5. The molecule has 0 saturated heterocycles. The molecule has 1 N–H and O–H groups in total. The van der Waals surface area contributed by atoms with Gasteiger partial charge in [0.25, 0.3) is 0 Å². The van der Waals surface area contributed by atoms with Gasteiger partial charge in [0.05, 0.1) is 13.0 Å². The van der Waals surface area contributed by atoms with E-state index in [0.717, 1.165) is 24.1 Å². The summed E-state index contributed by atoms with van der Waals surface area (Å²) in [7, 11) is 1.72. The number of carbonyl (C=O) groups is 2. The van der Waals surface area contributed by atoms with Crippen LogP contribution in [0.5, 0.6) is 0 Å². The Balaban J connectivity index is 1.86. The lowest BCUT2D eigenvalue weighted by Gasteiger charge is -2.15. The monoisotopic (exact) mass is 372 g/mol. The largest absolute Gasteiger partial charge is 0.337 e. The van der Waals surface area contributed by atoms with E-state index in [4.69, 9.17) is 4.52 Å². The molecule has 7 nitrogen and oxygen atoms in total. The van der Waals surface area contributed by atoms with Crippen molar-refractivity contribution in [3.8, 4) is 0 Å². The Morgan fingerprint density at radius 2 is 1.93 bits per heavy atom. The van der Waals surface area contributed by atoms with Crippen molar-refractivity contribution in [2.75, 3.05) is 12.4 Å². The quantitative estimate of drug-likeness (QED) is 0.730. The van der Waals surface area contributed by atoms with Crippen LogP contribution in [0, 0.1) is 5.92 Å². The average molecular weight is 372 g/mol. The predicted molar refractivity (Wildman–Crippen MR) is 103 cm³/mol. The molecule has 0 fully saturated rings. The number of rotatable bonds is 9. The molecule has 2 aromatic rings. The van der Waals surface area contributed by atoms with Gasteiger partial charge in [-0.1, -0.05) is 38.1 Å². The summed E-state index contributed by atoms with van der Waals surface area (Å²) in [6, 6.07) is 7.32. The van der Waals surface area contributed by atoms with Crippen molar-refractivity contribution in [1.29, 1.82) is 0 Å². The van der Waals surface area contributed by atoms with Crippen LogP contribution in [0.25, 0.3) is 0 Å². The van der Waals surface area contributed by atoms with Gasteiger partial charge < -0.3 is 14.7 Å². The average Bonchev–Trinajstić information content (AvgIpc) is 3.02. The molecule has 2 amide bonds. The van der Waals surface area contributed by atoms with Gasteiger partial charge in [0.1, 0.15) is 0 Å². The summed E-state index contributed by atoms with van der Waals surface area (Å²) in [4.78, 5) is 29.9. The number of anilines is 1. The standard InChI is InChI=1S/C20H28N4O3/c1-5-6-18(25)21-16-9-7-15(8-10-16)12-20(26)24(4)13-19-22-17(23-27-19)11-14(2)3/h7-10,14H,5-6,11-13H2,1-4H3,(H,21,25). The minimum absolute atomic E-state index is 0.00236. The van der Waals surface area contributed by atoms with Crippen LogP contribution in [-0.4, -0.2) is 33.9 Å². The molecule has 0 aliphatic heterocycles. The van der Waals surface area contributed by atoms with Crippen LogP contribution in [0.15, 0.2) is 28.8 Å². The van der Waals surface area contributed by atoms with E-state index in [9.17, 15) is 9.59 Å². The van der Waals surface area contributed by atoms with Gasteiger partial charge >= 0.3 is 0 Å². The number of amides is 2. The fraction of sp³-hybridized carbons (Fsp3) is 0.500. The lowest BCUT2D eigenvalue weighted by molar-refractivity contribution is -0.130. The topological polar surface area (TPSA) is 88.3 Å². The minimum atomic E-state index is -0.0404. The Labute approximate surface area is 160 Å². The molecule has 2 rings (SSSR count). The summed E-state index contributed by atoms with van der Waals surface area (Å²) in [5, 5.41) is 6.77. The van der Waals surface area contributed by atoms with Crippen molar-refractivity contribution in [3.63, 3.8) is 0 Å². The summed E-state index contributed by atoms with van der Waals surface area (Å²) >= 11 is 0. The van der Waals surface area contributed by atoms with Gasteiger partial charge in [-0.15, -0.1) is 0 Å². The van der Waals surface area contributed by atoms with Gasteiger partial charge in [0.15, 0.2) is 5.82 Å². The molecule has 0 saturated carbocycles. The van der Waals surface area contributed by atoms with Gasteiger partial charge in [-0.2, -0.15) is 4.98 Å². The van der Waals surface area contributed by atoms with Crippen molar-refractivity contribution >= 4 is 17.5 Å². The van der Waals surface area contributed by atoms with E-state index in [0.29, 0.717) is 24.1 Å². The lowest BCUT2D eigenvalue weighted by atomic mass is 10.1. The number of benzene rings is 1. The van der Waals surface area contributed by atoms with E-state index in [1.807, 2.05) is 31.2 Å². The number of nitrogens with one attached hydrogen (secondary N) is 1. The Hall–Kier alpha value is -2.70. The number of aromatic nitrogens is 2. The molecular weight excluding hydrogens is 344 g/mol. The number of likely N-dealkylation sites (N-methyl/N-ethyl adjacent to an activating group) is 1. The molecule has 0 aliphatic rings. The van der Waals surface area contributed by atoms with Crippen molar-refractivity contribution in [1.82, 2.24) is 15.0 Å². The summed E-state index contributed by atoms with van der Waals surface area (Å²) in [5.74, 6) is 1.51. The lowest BCUT2D eigenvalue weighted by Crippen LogP contribution is -2.27. The fourth-order valence-corrected chi connectivity index (χ4v) is 2.56. The van der Waals surface area contributed by atoms with Crippen LogP contribution in [0.1, 0.15) is 50.9 Å². The number of carbonyl (C=O) groups excluding carboxylic acids is 2. The zero-order valence-electron chi connectivity index (χ0n) is 16.5. The Kier molecular flexibility index (Phi) is 7.52. The maximum atomic E-state index is 12.4. The van der Waals surface area contributed by atoms with Crippen LogP contribution in [0.3, 0.4) is 0 Å². The molecule has 146 valence electrons. The molecule has 7 heteroatoms. The molecule has 1 aromatic heterocycles. The normalized spacial score (nSPS) is 10.9. The van der Waals surface area contributed by atoms with Crippen LogP contribution < -0.4 is 5.32 Å². The highest BCUT2D eigenvalue weighted by Gasteiger charge is 2.15. The highest BCUT2D eigenvalue weighted by molar-refractivity contribution is 5.90. The summed E-state index contributed by atoms with van der Waals surface area (Å²) in [6.07, 6.45) is 2.33. The van der Waals surface area contributed by atoms with E-state index in [1.165, 1.54) is 0 Å². The molecule has 0 atom stereocenters. The highest BCUT2D eigenvalue weighted by atomic mass is 16.5. The zero-order chi connectivity index (χ0) is 19.8. The first kappa shape index (κ1) is 20.6. The van der Waals surface area contributed by atoms with E-state index < -0.39 is 0 Å². The van der Waals surface area contributed by atoms with E-state index in [-0.39, 0.29) is 24.8 Å². The van der Waals surface area contributed by atoms with Crippen molar-refractivity contribution in [2.45, 2.75) is 53.0 Å². The van der Waals surface area contributed by atoms with Crippen molar-refractivity contribution in [3.05, 3.63) is 41.5 Å². The summed E-state index contributed by atoms with van der Waals surface area (Å²) in [5.41, 5.74) is 1.62. The van der Waals surface area contributed by atoms with Gasteiger partial charge in [0.2, 0.25) is 17.7 Å². The second kappa shape index (κ2) is 9.85. The Bertz CT molecular complexity index is 753. The number of hydrogen-bond donors (Lipinski definition) is 1. The SMILES string of the molecule is CCCC(=O)Nc1ccc(CC(=O)N(C)Cc2nc(CC(C)C)no2)cc1. The first-order chi connectivity index (χ1) is 12.9. The first-order valence-electron chi connectivity index (χ1n) is 9.31. The van der Waals surface area contributed by atoms with Gasteiger partial charge in [0, 0.05) is 25.6 Å². The number of nitrogens with zero attached hydrogens (tertiary/aromatic N) is 3. The molecule has 0 radical (unpaired) electrons. The van der Waals surface area contributed by atoms with Crippen LogP contribution in [0.2, 0.25) is 0 Å². The molecule has 1 heterocycles. The van der Waals surface area contributed by atoms with Gasteiger partial charge in [-0.05, 0) is 30.0 Å². The molecule has 1 aromatic carbocycles. The van der Waals surface area contributed by atoms with Gasteiger partial charge in [-0.25, -0.2) is 0 Å². The van der Waals surface area contributed by atoms with E-state index in [1.54, 1.807) is 11.9 Å². The van der Waals surface area contributed by atoms with Crippen LogP contribution in [-0.2, 0) is 29.0 Å². The Morgan fingerprint density at radius 1 is 1.22 bits per heavy atom. The van der Waals surface area contributed by atoms with Gasteiger partial charge in [-0.3, -0.25) is 9.59 Å². The fourth-order valence-electron chi connectivity index (χ4n) is 2.56. The second-order valence-electron chi connectivity index (χ2n) is 7.12. The third kappa shape index (κ3) is 6.84. The smallest absolute Gasteiger partial charge is 0.246 e. The summed E-state index contributed by atoms with van der Waals surface area (Å²) in [6.45, 7) is 6.43. The van der Waals surface area contributed by atoms with Crippen molar-refractivity contribution in [2.24, 2.45) is 5.92 Å². The molecule has 27 heavy (non-hydrogen) atoms. The number of hydrogen-bond acceptors (Lipinski definition) is 5. The minimum Gasteiger partial charge on any atom is -0.337 e. The van der Waals surface area contributed by atoms with E-state index in [2.05, 4.69) is 29.3 Å². The third-order valence-corrected chi connectivity index (χ3v) is 3.97. The second-order valence-corrected chi connectivity index (χ2v) is 7.12. The molecule has 0 bridgehead atoms. The summed E-state index contributed by atoms with van der Waals surface area (Å²) < 4.78 is 5.21. The van der Waals surface area contributed by atoms with Crippen LogP contribution >= 0.6 is 0 Å². The molecule has 0 unspecified atom stereocenters. The molecule has 0 aliphatic carbocycles. The highest BCUT2D eigenvalue weighted by Crippen LogP contribution is 2.12. The molecular formula is C20H28N4O3. The third-order valence-electron chi connectivity index (χ3n) is 3.97.